The van der Waals surface area contributed by atoms with Crippen molar-refractivity contribution in [2.45, 2.75) is 51.0 Å². The zero-order chi connectivity index (χ0) is 16.9. The van der Waals surface area contributed by atoms with E-state index in [1.54, 1.807) is 0 Å². The van der Waals surface area contributed by atoms with Crippen LogP contribution in [0.3, 0.4) is 0 Å². The first-order valence-corrected chi connectivity index (χ1v) is 9.90. The first-order chi connectivity index (χ1) is 12.2. The van der Waals surface area contributed by atoms with Crippen LogP contribution in [-0.2, 0) is 12.0 Å². The molecule has 0 N–H and O–H groups in total. The summed E-state index contributed by atoms with van der Waals surface area (Å²) < 4.78 is 6.31. The van der Waals surface area contributed by atoms with Crippen molar-refractivity contribution in [3.05, 3.63) is 65.7 Å². The average molecular weight is 478 g/mol. The van der Waals surface area contributed by atoms with Gasteiger partial charge in [-0.25, -0.2) is 0 Å². The van der Waals surface area contributed by atoms with E-state index in [1.165, 1.54) is 43.2 Å². The topological polar surface area (TPSA) is 9.23 Å². The summed E-state index contributed by atoms with van der Waals surface area (Å²) >= 11 is 0. The molecule has 4 bridgehead atoms. The summed E-state index contributed by atoms with van der Waals surface area (Å²) in [5.41, 5.74) is 2.96. The molecule has 6 rings (SSSR count). The first-order valence-electron chi connectivity index (χ1n) is 9.90. The Kier molecular flexibility index (Phi) is 10.7. The van der Waals surface area contributed by atoms with E-state index in [-0.39, 0.29) is 76.7 Å². The van der Waals surface area contributed by atoms with Crippen LogP contribution in [0.2, 0.25) is 0 Å². The van der Waals surface area contributed by atoms with Gasteiger partial charge in [-0.3, -0.25) is 0 Å². The summed E-state index contributed by atoms with van der Waals surface area (Å²) in [7, 11) is 0. The Morgan fingerprint density at radius 1 is 0.966 bits per heavy atom. The standard InChI is InChI=1S/C24H27O.BrH.ClH.Li.Mg/c1-24(20-12-18-11-19(14-20)15-21(24)13-18)22-9-5-6-10-23(22)25-16-17-7-3-2-4-8-17;;;;/h2-5,7-10,18-21H,11-16H2,1H3;2*1H;;/q-1;;;+1;+2/p-2. The molecule has 0 atom stereocenters. The number of ether oxygens (including phenoxy) is 1. The van der Waals surface area contributed by atoms with Gasteiger partial charge in [0.15, 0.2) is 0 Å². The zero-order valence-electron chi connectivity index (χ0n) is 17.5. The van der Waals surface area contributed by atoms with Crippen LogP contribution in [0.25, 0.3) is 0 Å². The molecule has 4 aliphatic rings. The molecule has 1 nitrogen and oxygen atoms in total. The number of benzene rings is 2. The van der Waals surface area contributed by atoms with Crippen molar-refractivity contribution in [3.8, 4) is 5.75 Å². The van der Waals surface area contributed by atoms with E-state index in [0.29, 0.717) is 6.61 Å². The molecule has 29 heavy (non-hydrogen) atoms. The third-order valence-corrected chi connectivity index (χ3v) is 7.48. The van der Waals surface area contributed by atoms with Crippen molar-refractivity contribution in [1.82, 2.24) is 0 Å². The molecule has 0 spiro atoms. The molecule has 0 radical (unpaired) electrons. The van der Waals surface area contributed by atoms with Crippen LogP contribution in [0.1, 0.15) is 50.2 Å². The maximum Gasteiger partial charge on any atom is 2.00 e. The molecular weight excluding hydrogens is 451 g/mol. The van der Waals surface area contributed by atoms with Crippen molar-refractivity contribution in [1.29, 1.82) is 0 Å². The second kappa shape index (κ2) is 11.3. The zero-order valence-corrected chi connectivity index (χ0v) is 21.3. The molecule has 4 aliphatic carbocycles. The largest absolute Gasteiger partial charge is 2.00 e. The fourth-order valence-corrected chi connectivity index (χ4v) is 6.32. The van der Waals surface area contributed by atoms with Gasteiger partial charge in [-0.1, -0.05) is 37.3 Å². The van der Waals surface area contributed by atoms with Crippen LogP contribution in [0, 0.1) is 29.7 Å². The molecule has 5 heteroatoms. The molecule has 146 valence electrons. The van der Waals surface area contributed by atoms with E-state index in [1.807, 2.05) is 0 Å². The van der Waals surface area contributed by atoms with Crippen LogP contribution in [0.4, 0.5) is 0 Å². The predicted molar refractivity (Wildman–Crippen MR) is 106 cm³/mol. The Morgan fingerprint density at radius 2 is 1.55 bits per heavy atom. The average Bonchev–Trinajstić information content (AvgIpc) is 2.65. The van der Waals surface area contributed by atoms with Crippen LogP contribution in [0.15, 0.2) is 48.5 Å². The maximum absolute atomic E-state index is 6.31. The summed E-state index contributed by atoms with van der Waals surface area (Å²) in [5, 5.41) is 0. The van der Waals surface area contributed by atoms with E-state index >= 15 is 0 Å². The normalized spacial score (nSPS) is 30.8. The first kappa shape index (κ1) is 27.4. The van der Waals surface area contributed by atoms with E-state index in [9.17, 15) is 0 Å². The van der Waals surface area contributed by atoms with Crippen molar-refractivity contribution >= 4 is 23.1 Å². The maximum atomic E-state index is 6.31. The van der Waals surface area contributed by atoms with Gasteiger partial charge in [0, 0.05) is 5.75 Å². The second-order valence-electron chi connectivity index (χ2n) is 8.78. The molecule has 0 aliphatic heterocycles. The van der Waals surface area contributed by atoms with Crippen LogP contribution in [-0.4, -0.2) is 23.1 Å². The van der Waals surface area contributed by atoms with Crippen molar-refractivity contribution < 1.29 is 53.0 Å². The van der Waals surface area contributed by atoms with Crippen LogP contribution < -0.4 is 53.0 Å². The van der Waals surface area contributed by atoms with E-state index in [0.717, 1.165) is 29.4 Å². The van der Waals surface area contributed by atoms with Gasteiger partial charge < -0.3 is 34.1 Å². The van der Waals surface area contributed by atoms with Crippen LogP contribution >= 0.6 is 0 Å². The smallest absolute Gasteiger partial charge is 1.00 e. The van der Waals surface area contributed by atoms with Crippen molar-refractivity contribution in [2.24, 2.45) is 23.7 Å². The molecular formula is C24H27BrClLiMgO. The number of hydrogen-bond donors (Lipinski definition) is 0. The van der Waals surface area contributed by atoms with Gasteiger partial charge in [-0.2, -0.15) is 18.2 Å². The number of halogens is 2. The quantitative estimate of drug-likeness (QED) is 0.327. The third-order valence-electron chi connectivity index (χ3n) is 7.48. The molecule has 2 aromatic rings. The molecule has 2 aromatic carbocycles. The van der Waals surface area contributed by atoms with Gasteiger partial charge in [0.2, 0.25) is 0 Å². The Labute approximate surface area is 220 Å². The van der Waals surface area contributed by atoms with Gasteiger partial charge in [-0.05, 0) is 66.8 Å². The Balaban J connectivity index is 0.00000105. The Hall–Kier alpha value is 0.374. The summed E-state index contributed by atoms with van der Waals surface area (Å²) in [6.45, 7) is 3.17. The van der Waals surface area contributed by atoms with E-state index < -0.39 is 0 Å². The summed E-state index contributed by atoms with van der Waals surface area (Å²) in [4.78, 5) is 0. The van der Waals surface area contributed by atoms with Crippen molar-refractivity contribution in [3.63, 3.8) is 0 Å². The minimum Gasteiger partial charge on any atom is -1.00 e. The fraction of sp³-hybridized carbons (Fsp3) is 0.500. The molecule has 4 saturated carbocycles. The predicted octanol–water partition coefficient (Wildman–Crippen LogP) is -3.59. The van der Waals surface area contributed by atoms with Gasteiger partial charge in [0.1, 0.15) is 0 Å². The molecule has 0 saturated heterocycles. The molecule has 0 heterocycles. The minimum atomic E-state index is 0. The number of hydrogen-bond acceptors (Lipinski definition) is 1. The van der Waals surface area contributed by atoms with E-state index in [4.69, 9.17) is 4.74 Å². The number of rotatable bonds is 4. The third kappa shape index (κ3) is 5.07. The fourth-order valence-electron chi connectivity index (χ4n) is 6.32. The molecule has 0 unspecified atom stereocenters. The van der Waals surface area contributed by atoms with E-state index in [2.05, 4.69) is 61.5 Å². The monoisotopic (exact) mass is 476 g/mol. The minimum absolute atomic E-state index is 0. The van der Waals surface area contributed by atoms with Gasteiger partial charge in [-0.15, -0.1) is 11.6 Å². The molecule has 0 amide bonds. The van der Waals surface area contributed by atoms with Crippen molar-refractivity contribution in [2.75, 3.05) is 0 Å². The van der Waals surface area contributed by atoms with Crippen LogP contribution in [0.5, 0.6) is 5.75 Å². The summed E-state index contributed by atoms with van der Waals surface area (Å²) in [6.07, 6.45) is 7.23. The molecule has 4 fully saturated rings. The SMILES string of the molecule is CC1(c2cc[c-]cc2OCc2ccccc2)C2CC3CC(C2)CC1C3.[Br-].[Cl-].[Li+].[Mg+2]. The summed E-state index contributed by atoms with van der Waals surface area (Å²) in [5.74, 6) is 4.73. The Morgan fingerprint density at radius 3 is 2.14 bits per heavy atom. The van der Waals surface area contributed by atoms with Gasteiger partial charge >= 0.3 is 41.9 Å². The summed E-state index contributed by atoms with van der Waals surface area (Å²) in [6, 6.07) is 20.2. The van der Waals surface area contributed by atoms with Gasteiger partial charge in [0.05, 0.1) is 6.61 Å². The second-order valence-corrected chi connectivity index (χ2v) is 8.78. The molecule has 0 aromatic heterocycles. The Bertz CT molecular complexity index is 744. The van der Waals surface area contributed by atoms with Gasteiger partial charge in [0.25, 0.3) is 0 Å².